The van der Waals surface area contributed by atoms with Gasteiger partial charge in [-0.3, -0.25) is 19.7 Å². The second-order valence-electron chi connectivity index (χ2n) is 6.76. The van der Waals surface area contributed by atoms with Crippen molar-refractivity contribution in [3.63, 3.8) is 0 Å². The third kappa shape index (κ3) is 4.49. The quantitative estimate of drug-likeness (QED) is 0.302. The molecule has 0 saturated carbocycles. The number of benzene rings is 1. The molecule has 0 unspecified atom stereocenters. The van der Waals surface area contributed by atoms with Crippen LogP contribution in [-0.4, -0.2) is 30.2 Å². The minimum atomic E-state index is -3.75. The maximum absolute atomic E-state index is 12.6. The van der Waals surface area contributed by atoms with Crippen LogP contribution in [0.3, 0.4) is 0 Å². The number of amides is 2. The summed E-state index contributed by atoms with van der Waals surface area (Å²) in [5.74, 6) is -0.775. The van der Waals surface area contributed by atoms with Crippen molar-refractivity contribution < 1.29 is 22.4 Å². The molecule has 0 radical (unpaired) electrons. The maximum Gasteiger partial charge on any atom is 0.282 e. The molecule has 3 aromatic rings. The van der Waals surface area contributed by atoms with Crippen LogP contribution >= 0.6 is 11.3 Å². The van der Waals surface area contributed by atoms with Crippen LogP contribution in [0.4, 0.5) is 5.13 Å². The van der Waals surface area contributed by atoms with Crippen LogP contribution in [0.2, 0.25) is 0 Å². The van der Waals surface area contributed by atoms with E-state index in [-0.39, 0.29) is 15.6 Å². The maximum atomic E-state index is 12.6. The fourth-order valence-corrected chi connectivity index (χ4v) is 4.86. The van der Waals surface area contributed by atoms with Crippen molar-refractivity contribution in [2.75, 3.05) is 4.72 Å². The highest BCUT2D eigenvalue weighted by molar-refractivity contribution is 7.93. The molecule has 2 amide bonds. The zero-order valence-corrected chi connectivity index (χ0v) is 18.9. The number of hydrazine groups is 1. The molecule has 168 valence electrons. The van der Waals surface area contributed by atoms with E-state index < -0.39 is 21.8 Å². The molecule has 4 rings (SSSR count). The van der Waals surface area contributed by atoms with Crippen molar-refractivity contribution in [2.45, 2.75) is 11.8 Å². The number of thiazole rings is 1. The normalized spacial score (nSPS) is 15.7. The van der Waals surface area contributed by atoms with E-state index in [0.29, 0.717) is 22.6 Å². The lowest BCUT2D eigenvalue weighted by molar-refractivity contribution is -0.125. The Morgan fingerprint density at radius 3 is 2.64 bits per heavy atom. The van der Waals surface area contributed by atoms with Gasteiger partial charge in [-0.15, -0.1) is 11.3 Å². The summed E-state index contributed by atoms with van der Waals surface area (Å²) in [5, 5.41) is 3.07. The second-order valence-corrected chi connectivity index (χ2v) is 9.34. The molecule has 0 atom stereocenters. The molecule has 2 N–H and O–H groups in total. The van der Waals surface area contributed by atoms with Crippen molar-refractivity contribution >= 4 is 44.4 Å². The van der Waals surface area contributed by atoms with Gasteiger partial charge in [-0.2, -0.15) is 0 Å². The standard InChI is InChI=1S/C22H18N4O5S2/c1-3-16(4-2)26-21(28)19(20(27)24-26)12-17-11-15(13-31-17)14-5-7-18(8-6-14)33(29,30)25-22-23-9-10-32-22/h3-13H,1H2,2H3,(H,23,25)(H,24,27)/b16-4+,19-12+. The number of sulfonamides is 1. The van der Waals surface area contributed by atoms with Gasteiger partial charge in [0.2, 0.25) is 0 Å². The fourth-order valence-electron chi connectivity index (χ4n) is 3.07. The number of furan rings is 1. The summed E-state index contributed by atoms with van der Waals surface area (Å²) in [6.07, 6.45) is 7.43. The molecule has 11 heteroatoms. The van der Waals surface area contributed by atoms with E-state index in [1.54, 1.807) is 36.6 Å². The average molecular weight is 483 g/mol. The minimum absolute atomic E-state index is 0.0770. The highest BCUT2D eigenvalue weighted by Gasteiger charge is 2.34. The molecular weight excluding hydrogens is 464 g/mol. The lowest BCUT2D eigenvalue weighted by atomic mass is 10.1. The first-order chi connectivity index (χ1) is 15.8. The fraction of sp³-hybridized carbons (Fsp3) is 0.0455. The molecule has 0 aliphatic carbocycles. The molecule has 2 aromatic heterocycles. The lowest BCUT2D eigenvalue weighted by Crippen LogP contribution is -2.34. The van der Waals surface area contributed by atoms with Crippen molar-refractivity contribution in [1.29, 1.82) is 0 Å². The number of aromatic nitrogens is 1. The van der Waals surface area contributed by atoms with E-state index in [1.165, 1.54) is 48.1 Å². The summed E-state index contributed by atoms with van der Waals surface area (Å²) < 4.78 is 32.8. The van der Waals surface area contributed by atoms with Gasteiger partial charge in [0.05, 0.1) is 16.9 Å². The van der Waals surface area contributed by atoms with Crippen LogP contribution in [0, 0.1) is 0 Å². The predicted molar refractivity (Wildman–Crippen MR) is 124 cm³/mol. The Morgan fingerprint density at radius 2 is 2.00 bits per heavy atom. The van der Waals surface area contributed by atoms with E-state index in [9.17, 15) is 18.0 Å². The first-order valence-electron chi connectivity index (χ1n) is 9.59. The lowest BCUT2D eigenvalue weighted by Gasteiger charge is -2.14. The number of anilines is 1. The Labute approximate surface area is 193 Å². The van der Waals surface area contributed by atoms with Gasteiger partial charge in [-0.05, 0) is 42.8 Å². The summed E-state index contributed by atoms with van der Waals surface area (Å²) >= 11 is 1.18. The zero-order valence-electron chi connectivity index (χ0n) is 17.3. The van der Waals surface area contributed by atoms with E-state index in [4.69, 9.17) is 4.42 Å². The van der Waals surface area contributed by atoms with Gasteiger partial charge in [0.1, 0.15) is 11.3 Å². The zero-order chi connectivity index (χ0) is 23.6. The Hall–Kier alpha value is -3.96. The summed E-state index contributed by atoms with van der Waals surface area (Å²) in [6, 6.07) is 7.86. The molecule has 0 bridgehead atoms. The average Bonchev–Trinajstić information content (AvgIpc) is 3.54. The summed E-state index contributed by atoms with van der Waals surface area (Å²) in [5.41, 5.74) is 4.21. The molecule has 33 heavy (non-hydrogen) atoms. The molecule has 1 fully saturated rings. The highest BCUT2D eigenvalue weighted by atomic mass is 32.2. The van der Waals surface area contributed by atoms with E-state index >= 15 is 0 Å². The van der Waals surface area contributed by atoms with Gasteiger partial charge in [-0.25, -0.2) is 18.4 Å². The number of carbonyl (C=O) groups excluding carboxylic acids is 2. The number of nitrogens with zero attached hydrogens (tertiary/aromatic N) is 2. The summed E-state index contributed by atoms with van der Waals surface area (Å²) in [6.45, 7) is 5.35. The molecule has 9 nitrogen and oxygen atoms in total. The number of hydrogen-bond acceptors (Lipinski definition) is 7. The molecule has 1 saturated heterocycles. The van der Waals surface area contributed by atoms with Crippen LogP contribution < -0.4 is 10.1 Å². The van der Waals surface area contributed by atoms with Crippen molar-refractivity contribution in [3.8, 4) is 11.1 Å². The number of carbonyl (C=O) groups is 2. The topological polar surface area (TPSA) is 122 Å². The Bertz CT molecular complexity index is 1380. The van der Waals surface area contributed by atoms with Crippen LogP contribution in [0.25, 0.3) is 17.2 Å². The van der Waals surface area contributed by atoms with Gasteiger partial charge in [-0.1, -0.05) is 24.8 Å². The van der Waals surface area contributed by atoms with Gasteiger partial charge in [0, 0.05) is 17.1 Å². The number of allylic oxidation sites excluding steroid dienone is 2. The predicted octanol–water partition coefficient (Wildman–Crippen LogP) is 3.55. The first-order valence-corrected chi connectivity index (χ1v) is 12.0. The number of hydrogen-bond donors (Lipinski definition) is 2. The van der Waals surface area contributed by atoms with Gasteiger partial charge in [0.25, 0.3) is 21.8 Å². The number of nitrogens with one attached hydrogen (secondary N) is 2. The van der Waals surface area contributed by atoms with E-state index in [2.05, 4.69) is 21.7 Å². The van der Waals surface area contributed by atoms with Crippen molar-refractivity contribution in [1.82, 2.24) is 15.4 Å². The van der Waals surface area contributed by atoms with Gasteiger partial charge < -0.3 is 4.42 Å². The van der Waals surface area contributed by atoms with Crippen molar-refractivity contribution in [3.05, 3.63) is 83.9 Å². The Morgan fingerprint density at radius 1 is 1.24 bits per heavy atom. The van der Waals surface area contributed by atoms with Crippen molar-refractivity contribution in [2.24, 2.45) is 0 Å². The highest BCUT2D eigenvalue weighted by Crippen LogP contribution is 2.27. The Kier molecular flexibility index (Phi) is 5.99. The second kappa shape index (κ2) is 8.88. The molecule has 1 aliphatic rings. The monoisotopic (exact) mass is 482 g/mol. The van der Waals surface area contributed by atoms with Crippen LogP contribution in [0.1, 0.15) is 12.7 Å². The smallest absolute Gasteiger partial charge is 0.282 e. The van der Waals surface area contributed by atoms with E-state index in [0.717, 1.165) is 5.01 Å². The van der Waals surface area contributed by atoms with Gasteiger partial charge >= 0.3 is 0 Å². The molecule has 0 spiro atoms. The SMILES string of the molecule is C=C/C(=C\C)N1NC(=O)/C(=C\c2cc(-c3ccc(S(=O)(=O)Nc4nccs4)cc3)co2)C1=O. The molecular formula is C22H18N4O5S2. The third-order valence-electron chi connectivity index (χ3n) is 4.71. The van der Waals surface area contributed by atoms with E-state index in [1.807, 2.05) is 0 Å². The van der Waals surface area contributed by atoms with Crippen LogP contribution in [0.5, 0.6) is 0 Å². The third-order valence-corrected chi connectivity index (χ3v) is 6.89. The van der Waals surface area contributed by atoms with Crippen LogP contribution in [-0.2, 0) is 19.6 Å². The first kappa shape index (κ1) is 22.2. The number of rotatable bonds is 7. The summed E-state index contributed by atoms with van der Waals surface area (Å²) in [7, 11) is -3.75. The summed E-state index contributed by atoms with van der Waals surface area (Å²) in [4.78, 5) is 28.8. The minimum Gasteiger partial charge on any atom is -0.464 e. The van der Waals surface area contributed by atoms with Crippen LogP contribution in [0.15, 0.2) is 87.5 Å². The van der Waals surface area contributed by atoms with Gasteiger partial charge in [0.15, 0.2) is 5.13 Å². The molecule has 1 aliphatic heterocycles. The molecule has 1 aromatic carbocycles. The Balaban J connectivity index is 1.53. The molecule has 3 heterocycles. The largest absolute Gasteiger partial charge is 0.464 e.